The molecule has 37 heavy (non-hydrogen) atoms. The molecule has 0 saturated heterocycles. The lowest BCUT2D eigenvalue weighted by atomic mass is 9.98. The van der Waals surface area contributed by atoms with Crippen molar-refractivity contribution in [1.29, 1.82) is 0 Å². The van der Waals surface area contributed by atoms with Gasteiger partial charge in [-0.05, 0) is 69.2 Å². The maximum Gasteiger partial charge on any atom is 0.439 e. The number of hydrogen-bond acceptors (Lipinski definition) is 6. The van der Waals surface area contributed by atoms with Crippen LogP contribution in [0, 0.1) is 32.4 Å². The van der Waals surface area contributed by atoms with Crippen molar-refractivity contribution in [2.45, 2.75) is 33.7 Å². The molecule has 2 heterocycles. The summed E-state index contributed by atoms with van der Waals surface area (Å²) in [7, 11) is 0. The molecule has 7 nitrogen and oxygen atoms in total. The average Bonchev–Trinajstić information content (AvgIpc) is 3.27. The Morgan fingerprint density at radius 1 is 0.973 bits per heavy atom. The third-order valence-electron chi connectivity index (χ3n) is 6.29. The Kier molecular flexibility index (Phi) is 5.99. The van der Waals surface area contributed by atoms with E-state index >= 15 is 0 Å². The molecule has 0 amide bonds. The van der Waals surface area contributed by atoms with Gasteiger partial charge in [0.2, 0.25) is 0 Å². The topological polar surface area (TPSA) is 101 Å². The Morgan fingerprint density at radius 2 is 1.76 bits per heavy atom. The number of halogens is 2. The lowest BCUT2D eigenvalue weighted by molar-refractivity contribution is 0.387. The minimum absolute atomic E-state index is 0.0249. The van der Waals surface area contributed by atoms with E-state index in [1.54, 1.807) is 38.1 Å². The molecule has 1 atom stereocenters. The first-order valence-electron chi connectivity index (χ1n) is 11.6. The molecule has 0 spiro atoms. The fourth-order valence-corrected chi connectivity index (χ4v) is 4.48. The zero-order chi connectivity index (χ0) is 26.4. The summed E-state index contributed by atoms with van der Waals surface area (Å²) in [6.07, 6.45) is 0. The molecule has 0 fully saturated rings. The zero-order valence-corrected chi connectivity index (χ0v) is 20.5. The number of aromatic amines is 1. The van der Waals surface area contributed by atoms with Gasteiger partial charge in [-0.1, -0.05) is 23.4 Å². The summed E-state index contributed by atoms with van der Waals surface area (Å²) >= 11 is 0. The summed E-state index contributed by atoms with van der Waals surface area (Å²) in [5, 5.41) is 7.20. The molecule has 3 aromatic carbocycles. The molecule has 2 aromatic heterocycles. The number of anilines is 1. The van der Waals surface area contributed by atoms with Crippen LogP contribution in [0.25, 0.3) is 33.7 Å². The number of H-pyrrole nitrogens is 1. The van der Waals surface area contributed by atoms with Crippen LogP contribution in [0.15, 0.2) is 67.1 Å². The van der Waals surface area contributed by atoms with Crippen LogP contribution in [0.4, 0.5) is 14.5 Å². The number of fused-ring (bicyclic) bond motifs is 1. The van der Waals surface area contributed by atoms with Crippen molar-refractivity contribution in [3.63, 3.8) is 0 Å². The number of hydrogen-bond donors (Lipinski definition) is 2. The summed E-state index contributed by atoms with van der Waals surface area (Å²) in [6, 6.07) is 12.2. The van der Waals surface area contributed by atoms with Crippen molar-refractivity contribution >= 4 is 16.7 Å². The largest absolute Gasteiger partial charge is 0.455 e. The Labute approximate surface area is 209 Å². The van der Waals surface area contributed by atoms with Gasteiger partial charge in [-0.2, -0.15) is 0 Å². The quantitative estimate of drug-likeness (QED) is 0.297. The third-order valence-corrected chi connectivity index (χ3v) is 6.29. The predicted octanol–water partition coefficient (Wildman–Crippen LogP) is 6.18. The molecule has 0 aliphatic rings. The van der Waals surface area contributed by atoms with Gasteiger partial charge in [-0.3, -0.25) is 14.3 Å². The smallest absolute Gasteiger partial charge is 0.439 e. The van der Waals surface area contributed by atoms with Gasteiger partial charge in [0.25, 0.3) is 0 Å². The van der Waals surface area contributed by atoms with E-state index in [1.807, 2.05) is 19.9 Å². The highest BCUT2D eigenvalue weighted by atomic mass is 19.1. The summed E-state index contributed by atoms with van der Waals surface area (Å²) in [4.78, 5) is 27.2. The molecule has 0 saturated carbocycles. The Hall–Kier alpha value is -4.53. The highest BCUT2D eigenvalue weighted by Gasteiger charge is 2.22. The van der Waals surface area contributed by atoms with E-state index in [1.165, 1.54) is 18.2 Å². The van der Waals surface area contributed by atoms with E-state index in [-0.39, 0.29) is 28.1 Å². The van der Waals surface area contributed by atoms with Crippen LogP contribution in [0.2, 0.25) is 0 Å². The van der Waals surface area contributed by atoms with Crippen molar-refractivity contribution in [3.8, 4) is 22.7 Å². The van der Waals surface area contributed by atoms with E-state index in [0.29, 0.717) is 27.8 Å². The van der Waals surface area contributed by atoms with Crippen LogP contribution in [0.5, 0.6) is 0 Å². The molecule has 0 aliphatic carbocycles. The summed E-state index contributed by atoms with van der Waals surface area (Å²) in [5.74, 6) is -1.83. The van der Waals surface area contributed by atoms with Gasteiger partial charge in [0, 0.05) is 16.8 Å². The molecule has 9 heteroatoms. The number of benzene rings is 3. The minimum atomic E-state index is -0.810. The molecule has 0 unspecified atom stereocenters. The molecular formula is C28H23F2N3O4. The van der Waals surface area contributed by atoms with Gasteiger partial charge in [-0.15, -0.1) is 0 Å². The first-order chi connectivity index (χ1) is 17.6. The monoisotopic (exact) mass is 503 g/mol. The average molecular weight is 504 g/mol. The Balaban J connectivity index is 1.67. The maximum absolute atomic E-state index is 14.9. The van der Waals surface area contributed by atoms with Crippen molar-refractivity contribution in [2.75, 3.05) is 5.32 Å². The van der Waals surface area contributed by atoms with Crippen LogP contribution in [0.1, 0.15) is 35.2 Å². The van der Waals surface area contributed by atoms with E-state index in [0.717, 1.165) is 11.1 Å². The van der Waals surface area contributed by atoms with Gasteiger partial charge in [0.1, 0.15) is 23.0 Å². The van der Waals surface area contributed by atoms with Crippen molar-refractivity contribution in [1.82, 2.24) is 10.1 Å². The number of aromatic nitrogens is 2. The lowest BCUT2D eigenvalue weighted by Crippen LogP contribution is -2.13. The van der Waals surface area contributed by atoms with E-state index in [2.05, 4.69) is 20.0 Å². The molecule has 0 radical (unpaired) electrons. The molecule has 188 valence electrons. The van der Waals surface area contributed by atoms with Gasteiger partial charge in [0.15, 0.2) is 11.3 Å². The van der Waals surface area contributed by atoms with Crippen molar-refractivity contribution in [2.24, 2.45) is 0 Å². The molecule has 5 rings (SSSR count). The molecule has 0 bridgehead atoms. The Morgan fingerprint density at radius 3 is 2.46 bits per heavy atom. The standard InChI is InChI=1S/C28H23F2N3O4/c1-13-8-9-17(21(30)12-13)25-15(3)24(34)19-11-14(2)10-18(26(19)36-25)16(4)31-22-7-5-6-20(29)23(22)27-32-28(35)37-33-27/h5-12,16,31H,1-4H3,(H,32,33,35)/t16-/m1/s1. The number of nitrogens with zero attached hydrogens (tertiary/aromatic N) is 1. The van der Waals surface area contributed by atoms with Gasteiger partial charge < -0.3 is 9.73 Å². The van der Waals surface area contributed by atoms with Crippen LogP contribution in [-0.2, 0) is 0 Å². The fourth-order valence-electron chi connectivity index (χ4n) is 4.48. The van der Waals surface area contributed by atoms with Gasteiger partial charge in [0.05, 0.1) is 22.6 Å². The molecule has 0 aliphatic heterocycles. The molecule has 2 N–H and O–H groups in total. The molecular weight excluding hydrogens is 480 g/mol. The van der Waals surface area contributed by atoms with Gasteiger partial charge in [-0.25, -0.2) is 13.6 Å². The lowest BCUT2D eigenvalue weighted by Gasteiger charge is -2.20. The van der Waals surface area contributed by atoms with Crippen LogP contribution in [-0.4, -0.2) is 10.1 Å². The SMILES string of the molecule is Cc1ccc(-c2oc3c([C@@H](C)Nc4cccc(F)c4-c4noc(=O)[nH]4)cc(C)cc3c(=O)c2C)c(F)c1. The van der Waals surface area contributed by atoms with Crippen LogP contribution in [0.3, 0.4) is 0 Å². The third kappa shape index (κ3) is 4.33. The first kappa shape index (κ1) is 24.2. The van der Waals surface area contributed by atoms with E-state index < -0.39 is 23.4 Å². The summed E-state index contributed by atoms with van der Waals surface area (Å²) in [5.41, 5.74) is 3.07. The first-order valence-corrected chi connectivity index (χ1v) is 11.6. The second-order valence-corrected chi connectivity index (χ2v) is 9.07. The second kappa shape index (κ2) is 9.16. The molecule has 5 aromatic rings. The highest BCUT2D eigenvalue weighted by Crippen LogP contribution is 2.35. The Bertz CT molecular complexity index is 1790. The highest BCUT2D eigenvalue weighted by molar-refractivity contribution is 5.85. The minimum Gasteiger partial charge on any atom is -0.455 e. The normalized spacial score (nSPS) is 12.2. The summed E-state index contributed by atoms with van der Waals surface area (Å²) in [6.45, 7) is 7.06. The summed E-state index contributed by atoms with van der Waals surface area (Å²) < 4.78 is 40.4. The van der Waals surface area contributed by atoms with Crippen molar-refractivity contribution < 1.29 is 17.7 Å². The predicted molar refractivity (Wildman–Crippen MR) is 137 cm³/mol. The van der Waals surface area contributed by atoms with Crippen LogP contribution < -0.4 is 16.5 Å². The number of nitrogens with one attached hydrogen (secondary N) is 2. The maximum atomic E-state index is 14.9. The van der Waals surface area contributed by atoms with Gasteiger partial charge >= 0.3 is 5.76 Å². The van der Waals surface area contributed by atoms with Crippen LogP contribution >= 0.6 is 0 Å². The number of aryl methyl sites for hydroxylation is 2. The van der Waals surface area contributed by atoms with Crippen molar-refractivity contribution in [3.05, 3.63) is 103 Å². The second-order valence-electron chi connectivity index (χ2n) is 9.07. The number of rotatable bonds is 5. The zero-order valence-electron chi connectivity index (χ0n) is 20.5. The van der Waals surface area contributed by atoms with E-state index in [9.17, 15) is 18.4 Å². The van der Waals surface area contributed by atoms with E-state index in [4.69, 9.17) is 4.42 Å². The fraction of sp³-hybridized carbons (Fsp3) is 0.179.